The predicted octanol–water partition coefficient (Wildman–Crippen LogP) is 2.66. The molecule has 0 spiro atoms. The van der Waals surface area contributed by atoms with Crippen LogP contribution in [0.5, 0.6) is 11.5 Å². The lowest BCUT2D eigenvalue weighted by Crippen LogP contribution is -2.44. The van der Waals surface area contributed by atoms with Crippen LogP contribution in [0.1, 0.15) is 29.8 Å². The van der Waals surface area contributed by atoms with E-state index in [0.29, 0.717) is 17.1 Å². The molecular weight excluding hydrogens is 346 g/mol. The minimum Gasteiger partial charge on any atom is -0.493 e. The van der Waals surface area contributed by atoms with Crippen LogP contribution in [0.15, 0.2) is 42.5 Å². The van der Waals surface area contributed by atoms with Crippen molar-refractivity contribution in [1.29, 1.82) is 0 Å². The summed E-state index contributed by atoms with van der Waals surface area (Å²) < 4.78 is 10.9. The van der Waals surface area contributed by atoms with Gasteiger partial charge in [-0.1, -0.05) is 17.7 Å². The summed E-state index contributed by atoms with van der Waals surface area (Å²) in [5.41, 5.74) is 7.06. The summed E-state index contributed by atoms with van der Waals surface area (Å²) in [5.74, 6) is 0.183. The van der Waals surface area contributed by atoms with Gasteiger partial charge in [0.15, 0.2) is 11.5 Å². The van der Waals surface area contributed by atoms with E-state index in [1.165, 1.54) is 7.11 Å². The number of carbonyl (C=O) groups is 2. The smallest absolute Gasteiger partial charge is 0.269 e. The van der Waals surface area contributed by atoms with Crippen LogP contribution >= 0.6 is 0 Å². The number of hydrogen-bond donors (Lipinski definition) is 3. The fourth-order valence-electron chi connectivity index (χ4n) is 2.26. The fourth-order valence-corrected chi connectivity index (χ4v) is 2.26. The quantitative estimate of drug-likeness (QED) is 0.651. The molecule has 0 heterocycles. The molecule has 0 saturated carbocycles. The highest BCUT2D eigenvalue weighted by Crippen LogP contribution is 2.28. The maximum Gasteiger partial charge on any atom is 0.269 e. The van der Waals surface area contributed by atoms with E-state index in [9.17, 15) is 9.59 Å². The molecule has 7 nitrogen and oxygen atoms in total. The van der Waals surface area contributed by atoms with E-state index in [2.05, 4.69) is 16.2 Å². The molecule has 0 aliphatic rings. The summed E-state index contributed by atoms with van der Waals surface area (Å²) in [6, 6.07) is 12.5. The number of anilines is 1. The van der Waals surface area contributed by atoms with E-state index in [1.54, 1.807) is 18.2 Å². The molecule has 2 amide bonds. The molecule has 0 radical (unpaired) electrons. The van der Waals surface area contributed by atoms with E-state index < -0.39 is 5.91 Å². The number of ether oxygens (including phenoxy) is 2. The number of benzene rings is 2. The summed E-state index contributed by atoms with van der Waals surface area (Å²) in [7, 11) is 1.50. The number of rotatable bonds is 7. The molecule has 2 aromatic rings. The van der Waals surface area contributed by atoms with Crippen molar-refractivity contribution in [2.75, 3.05) is 19.0 Å². The van der Waals surface area contributed by atoms with Crippen LogP contribution in [-0.4, -0.2) is 31.6 Å². The Morgan fingerprint density at radius 1 is 1.00 bits per heavy atom. The first-order chi connectivity index (χ1) is 12.9. The van der Waals surface area contributed by atoms with Gasteiger partial charge in [-0.05, 0) is 51.1 Å². The van der Waals surface area contributed by atoms with Crippen LogP contribution in [-0.2, 0) is 4.79 Å². The molecule has 2 rings (SSSR count). The zero-order valence-corrected chi connectivity index (χ0v) is 16.0. The molecular formula is C20H25N3O4. The van der Waals surface area contributed by atoms with Gasteiger partial charge in [0.25, 0.3) is 11.8 Å². The maximum absolute atomic E-state index is 12.2. The standard InChI is InChI=1S/C20H25N3O4/c1-13(2)27-17-10-7-15(11-18(17)26-4)20(25)23-22-19(24)12-21-16-8-5-14(3)6-9-16/h5-11,13,21H,12H2,1-4H3,(H,22,24)(H,23,25). The zero-order chi connectivity index (χ0) is 19.8. The summed E-state index contributed by atoms with van der Waals surface area (Å²) in [5, 5.41) is 2.98. The van der Waals surface area contributed by atoms with E-state index in [0.717, 1.165) is 11.3 Å². The molecule has 0 fully saturated rings. The van der Waals surface area contributed by atoms with Gasteiger partial charge < -0.3 is 14.8 Å². The van der Waals surface area contributed by atoms with Crippen molar-refractivity contribution < 1.29 is 19.1 Å². The second-order valence-corrected chi connectivity index (χ2v) is 6.25. The average Bonchev–Trinajstić information content (AvgIpc) is 2.65. The van der Waals surface area contributed by atoms with Gasteiger partial charge in [-0.2, -0.15) is 0 Å². The first-order valence-electron chi connectivity index (χ1n) is 8.63. The highest BCUT2D eigenvalue weighted by molar-refractivity contribution is 5.96. The van der Waals surface area contributed by atoms with Crippen LogP contribution in [0.2, 0.25) is 0 Å². The summed E-state index contributed by atoms with van der Waals surface area (Å²) in [6.45, 7) is 5.83. The number of nitrogens with one attached hydrogen (secondary N) is 3. The summed E-state index contributed by atoms with van der Waals surface area (Å²) >= 11 is 0. The van der Waals surface area contributed by atoms with Crippen molar-refractivity contribution in [2.24, 2.45) is 0 Å². The Hall–Kier alpha value is -3.22. The Morgan fingerprint density at radius 3 is 2.33 bits per heavy atom. The second-order valence-electron chi connectivity index (χ2n) is 6.25. The lowest BCUT2D eigenvalue weighted by Gasteiger charge is -2.14. The maximum atomic E-state index is 12.2. The molecule has 0 aliphatic carbocycles. The Morgan fingerprint density at radius 2 is 1.70 bits per heavy atom. The van der Waals surface area contributed by atoms with Gasteiger partial charge in [0, 0.05) is 11.3 Å². The lowest BCUT2D eigenvalue weighted by molar-refractivity contribution is -0.120. The second kappa shape index (κ2) is 9.47. The van der Waals surface area contributed by atoms with Gasteiger partial charge in [0.05, 0.1) is 19.8 Å². The molecule has 7 heteroatoms. The predicted molar refractivity (Wildman–Crippen MR) is 104 cm³/mol. The Labute approximate surface area is 159 Å². The third kappa shape index (κ3) is 6.22. The topological polar surface area (TPSA) is 88.7 Å². The summed E-state index contributed by atoms with van der Waals surface area (Å²) in [4.78, 5) is 24.1. The van der Waals surface area contributed by atoms with E-state index in [-0.39, 0.29) is 18.6 Å². The van der Waals surface area contributed by atoms with Gasteiger partial charge >= 0.3 is 0 Å². The Bertz CT molecular complexity index is 788. The van der Waals surface area contributed by atoms with Gasteiger partial charge in [0.2, 0.25) is 0 Å². The van der Waals surface area contributed by atoms with E-state index >= 15 is 0 Å². The molecule has 0 aliphatic heterocycles. The van der Waals surface area contributed by atoms with E-state index in [1.807, 2.05) is 45.0 Å². The number of hydrazine groups is 1. The minimum absolute atomic E-state index is 0.0149. The molecule has 0 atom stereocenters. The molecule has 27 heavy (non-hydrogen) atoms. The third-order valence-electron chi connectivity index (χ3n) is 3.61. The number of hydrogen-bond acceptors (Lipinski definition) is 5. The first kappa shape index (κ1) is 20.1. The van der Waals surface area contributed by atoms with Crippen LogP contribution in [0, 0.1) is 6.92 Å². The first-order valence-corrected chi connectivity index (χ1v) is 8.63. The van der Waals surface area contributed by atoms with Crippen LogP contribution in [0.4, 0.5) is 5.69 Å². The third-order valence-corrected chi connectivity index (χ3v) is 3.61. The van der Waals surface area contributed by atoms with Crippen molar-refractivity contribution >= 4 is 17.5 Å². The van der Waals surface area contributed by atoms with Crippen molar-refractivity contribution in [1.82, 2.24) is 10.9 Å². The van der Waals surface area contributed by atoms with Crippen molar-refractivity contribution in [3.63, 3.8) is 0 Å². The van der Waals surface area contributed by atoms with Crippen LogP contribution in [0.3, 0.4) is 0 Å². The number of aryl methyl sites for hydroxylation is 1. The fraction of sp³-hybridized carbons (Fsp3) is 0.300. The molecule has 0 unspecified atom stereocenters. The minimum atomic E-state index is -0.451. The number of carbonyl (C=O) groups excluding carboxylic acids is 2. The van der Waals surface area contributed by atoms with Gasteiger partial charge in [0.1, 0.15) is 0 Å². The molecule has 2 aromatic carbocycles. The van der Waals surface area contributed by atoms with Crippen molar-refractivity contribution in [3.8, 4) is 11.5 Å². The average molecular weight is 371 g/mol. The highest BCUT2D eigenvalue weighted by atomic mass is 16.5. The van der Waals surface area contributed by atoms with E-state index in [4.69, 9.17) is 9.47 Å². The van der Waals surface area contributed by atoms with Crippen LogP contribution in [0.25, 0.3) is 0 Å². The zero-order valence-electron chi connectivity index (χ0n) is 16.0. The molecule has 144 valence electrons. The molecule has 0 saturated heterocycles. The van der Waals surface area contributed by atoms with Crippen LogP contribution < -0.4 is 25.6 Å². The monoisotopic (exact) mass is 371 g/mol. The Kier molecular flexibility index (Phi) is 7.05. The molecule has 3 N–H and O–H groups in total. The van der Waals surface area contributed by atoms with Gasteiger partial charge in [-0.3, -0.25) is 20.4 Å². The van der Waals surface area contributed by atoms with Crippen molar-refractivity contribution in [2.45, 2.75) is 26.9 Å². The normalized spacial score (nSPS) is 10.3. The molecule has 0 aromatic heterocycles. The molecule has 0 bridgehead atoms. The number of amides is 2. The lowest BCUT2D eigenvalue weighted by atomic mass is 10.2. The Balaban J connectivity index is 1.87. The van der Waals surface area contributed by atoms with Gasteiger partial charge in [-0.25, -0.2) is 0 Å². The highest BCUT2D eigenvalue weighted by Gasteiger charge is 2.13. The number of methoxy groups -OCH3 is 1. The SMILES string of the molecule is COc1cc(C(=O)NNC(=O)CNc2ccc(C)cc2)ccc1OC(C)C. The largest absolute Gasteiger partial charge is 0.493 e. The summed E-state index contributed by atoms with van der Waals surface area (Å²) in [6.07, 6.45) is -0.0149. The van der Waals surface area contributed by atoms with Gasteiger partial charge in [-0.15, -0.1) is 0 Å². The van der Waals surface area contributed by atoms with Crippen molar-refractivity contribution in [3.05, 3.63) is 53.6 Å².